The van der Waals surface area contributed by atoms with Crippen molar-refractivity contribution in [2.75, 3.05) is 5.32 Å². The predicted octanol–water partition coefficient (Wildman–Crippen LogP) is 2.86. The van der Waals surface area contributed by atoms with Crippen molar-refractivity contribution in [2.24, 2.45) is 28.5 Å². The molecule has 2 aromatic rings. The van der Waals surface area contributed by atoms with Crippen molar-refractivity contribution in [3.05, 3.63) is 58.8 Å². The zero-order valence-corrected chi connectivity index (χ0v) is 16.1. The van der Waals surface area contributed by atoms with E-state index in [1.807, 2.05) is 12.3 Å². The lowest BCUT2D eigenvalue weighted by atomic mass is 9.88. The maximum atomic E-state index is 13.6. The van der Waals surface area contributed by atoms with Crippen molar-refractivity contribution < 1.29 is 9.18 Å². The second kappa shape index (κ2) is 6.76. The van der Waals surface area contributed by atoms with Gasteiger partial charge in [-0.2, -0.15) is 0 Å². The second-order valence-electron chi connectivity index (χ2n) is 8.11. The Morgan fingerprint density at radius 1 is 1.28 bits per heavy atom. The van der Waals surface area contributed by atoms with Crippen LogP contribution in [-0.2, 0) is 17.6 Å². The molecule has 5 rings (SSSR count). The number of halogens is 1. The molecule has 1 aromatic carbocycles. The Morgan fingerprint density at radius 3 is 2.90 bits per heavy atom. The number of carbonyl (C=O) groups is 1. The summed E-state index contributed by atoms with van der Waals surface area (Å²) >= 11 is 0. The number of aliphatic imine (C=N–C) groups is 1. The lowest BCUT2D eigenvalue weighted by molar-refractivity contribution is -0.122. The summed E-state index contributed by atoms with van der Waals surface area (Å²) in [6, 6.07) is 4.96. The fraction of sp³-hybridized carbons (Fsp3) is 0.364. The van der Waals surface area contributed by atoms with Crippen molar-refractivity contribution >= 4 is 23.6 Å². The molecule has 4 atom stereocenters. The number of amides is 1. The highest BCUT2D eigenvalue weighted by molar-refractivity contribution is 5.82. The molecule has 29 heavy (non-hydrogen) atoms. The summed E-state index contributed by atoms with van der Waals surface area (Å²) in [5, 5.41) is 3.47. The summed E-state index contributed by atoms with van der Waals surface area (Å²) < 4.78 is 13.6. The molecular formula is C22H22FN5O. The van der Waals surface area contributed by atoms with Crippen LogP contribution in [0.15, 0.2) is 35.3 Å². The molecule has 6 nitrogen and oxygen atoms in total. The number of nitrogens with two attached hydrogens (primary N) is 1. The minimum Gasteiger partial charge on any atom is -0.369 e. The van der Waals surface area contributed by atoms with Crippen LogP contribution in [-0.4, -0.2) is 28.1 Å². The van der Waals surface area contributed by atoms with Gasteiger partial charge in [0.25, 0.3) is 0 Å². The van der Waals surface area contributed by atoms with Crippen molar-refractivity contribution in [1.29, 1.82) is 0 Å². The minimum absolute atomic E-state index is 0.0850. The number of primary amides is 1. The van der Waals surface area contributed by atoms with E-state index in [2.05, 4.69) is 27.4 Å². The summed E-state index contributed by atoms with van der Waals surface area (Å²) in [6.07, 6.45) is 8.17. The summed E-state index contributed by atoms with van der Waals surface area (Å²) in [5.41, 5.74) is 8.85. The minimum atomic E-state index is -0.282. The molecular weight excluding hydrogens is 369 g/mol. The first kappa shape index (κ1) is 18.0. The maximum absolute atomic E-state index is 13.6. The van der Waals surface area contributed by atoms with Gasteiger partial charge in [-0.05, 0) is 42.4 Å². The van der Waals surface area contributed by atoms with Crippen LogP contribution in [0.4, 0.5) is 15.9 Å². The highest BCUT2D eigenvalue weighted by Gasteiger charge is 2.47. The third-order valence-corrected chi connectivity index (χ3v) is 6.18. The quantitative estimate of drug-likeness (QED) is 0.767. The van der Waals surface area contributed by atoms with E-state index in [9.17, 15) is 9.18 Å². The molecule has 2 heterocycles. The van der Waals surface area contributed by atoms with E-state index in [0.29, 0.717) is 30.0 Å². The number of aromatic nitrogens is 2. The van der Waals surface area contributed by atoms with Crippen LogP contribution in [0.1, 0.15) is 29.1 Å². The molecule has 4 unspecified atom stereocenters. The smallest absolute Gasteiger partial charge is 0.223 e. The zero-order chi connectivity index (χ0) is 20.1. The number of allylic oxidation sites excluding steroid dienone is 1. The van der Waals surface area contributed by atoms with Gasteiger partial charge < -0.3 is 11.1 Å². The van der Waals surface area contributed by atoms with Gasteiger partial charge in [0.2, 0.25) is 5.91 Å². The molecule has 1 saturated carbocycles. The van der Waals surface area contributed by atoms with Crippen LogP contribution < -0.4 is 11.1 Å². The highest BCUT2D eigenvalue weighted by Crippen LogP contribution is 2.45. The number of carbonyl (C=O) groups excluding carboxylic acids is 1. The van der Waals surface area contributed by atoms with E-state index in [-0.39, 0.29) is 35.5 Å². The van der Waals surface area contributed by atoms with E-state index >= 15 is 0 Å². The van der Waals surface area contributed by atoms with Gasteiger partial charge >= 0.3 is 0 Å². The largest absolute Gasteiger partial charge is 0.369 e. The zero-order valence-electron chi connectivity index (χ0n) is 16.1. The molecule has 2 bridgehead atoms. The number of hydrogen-bond acceptors (Lipinski definition) is 5. The maximum Gasteiger partial charge on any atom is 0.223 e. The van der Waals surface area contributed by atoms with Crippen LogP contribution in [0.25, 0.3) is 0 Å². The number of rotatable bonds is 5. The molecule has 1 fully saturated rings. The van der Waals surface area contributed by atoms with E-state index < -0.39 is 0 Å². The Hall–Kier alpha value is -3.09. The molecule has 148 valence electrons. The van der Waals surface area contributed by atoms with Gasteiger partial charge in [-0.3, -0.25) is 9.79 Å². The van der Waals surface area contributed by atoms with Crippen LogP contribution >= 0.6 is 0 Å². The lowest BCUT2D eigenvalue weighted by Crippen LogP contribution is -2.41. The molecule has 3 aliphatic rings. The number of benzene rings is 1. The predicted molar refractivity (Wildman–Crippen MR) is 109 cm³/mol. The van der Waals surface area contributed by atoms with Gasteiger partial charge in [-0.25, -0.2) is 14.4 Å². The Kier molecular flexibility index (Phi) is 4.19. The van der Waals surface area contributed by atoms with Gasteiger partial charge in [0, 0.05) is 25.1 Å². The SMILES string of the molecule is Cc1cc(Cc2nc3c(c(NC4C5C=CC(C5)C4C(N)=O)n2)N=CC3)ccc1F. The van der Waals surface area contributed by atoms with Gasteiger partial charge in [0.05, 0.1) is 11.6 Å². The summed E-state index contributed by atoms with van der Waals surface area (Å²) in [7, 11) is 0. The summed E-state index contributed by atoms with van der Waals surface area (Å²) in [4.78, 5) is 25.9. The number of aryl methyl sites for hydroxylation is 1. The molecule has 0 spiro atoms. The Morgan fingerprint density at radius 2 is 2.10 bits per heavy atom. The normalized spacial score (nSPS) is 26.1. The van der Waals surface area contributed by atoms with E-state index in [1.54, 1.807) is 13.0 Å². The van der Waals surface area contributed by atoms with Gasteiger partial charge in [-0.15, -0.1) is 0 Å². The number of fused-ring (bicyclic) bond motifs is 3. The third-order valence-electron chi connectivity index (χ3n) is 6.18. The molecule has 7 heteroatoms. The van der Waals surface area contributed by atoms with E-state index in [1.165, 1.54) is 6.07 Å². The molecule has 0 saturated heterocycles. The molecule has 2 aliphatic carbocycles. The van der Waals surface area contributed by atoms with Crippen LogP contribution in [0.2, 0.25) is 0 Å². The van der Waals surface area contributed by atoms with Crippen molar-refractivity contribution in [3.63, 3.8) is 0 Å². The molecule has 1 aliphatic heterocycles. The topological polar surface area (TPSA) is 93.3 Å². The first-order valence-electron chi connectivity index (χ1n) is 9.91. The van der Waals surface area contributed by atoms with Gasteiger partial charge in [-0.1, -0.05) is 24.3 Å². The monoisotopic (exact) mass is 391 g/mol. The van der Waals surface area contributed by atoms with Gasteiger partial charge in [0.15, 0.2) is 5.82 Å². The van der Waals surface area contributed by atoms with Crippen LogP contribution in [0.5, 0.6) is 0 Å². The van der Waals surface area contributed by atoms with Crippen molar-refractivity contribution in [3.8, 4) is 0 Å². The summed E-state index contributed by atoms with van der Waals surface area (Å²) in [5.74, 6) is 1.000. The molecule has 1 aromatic heterocycles. The van der Waals surface area contributed by atoms with Crippen molar-refractivity contribution in [1.82, 2.24) is 9.97 Å². The average Bonchev–Trinajstić information content (AvgIpc) is 3.40. The van der Waals surface area contributed by atoms with Crippen molar-refractivity contribution in [2.45, 2.75) is 32.2 Å². The second-order valence-corrected chi connectivity index (χ2v) is 8.11. The number of nitrogens with one attached hydrogen (secondary N) is 1. The van der Waals surface area contributed by atoms with Gasteiger partial charge in [0.1, 0.15) is 17.3 Å². The fourth-order valence-corrected chi connectivity index (χ4v) is 4.80. The lowest BCUT2D eigenvalue weighted by Gasteiger charge is -2.27. The molecule has 0 radical (unpaired) electrons. The Balaban J connectivity index is 1.46. The fourth-order valence-electron chi connectivity index (χ4n) is 4.80. The average molecular weight is 391 g/mol. The number of hydrogen-bond donors (Lipinski definition) is 2. The van der Waals surface area contributed by atoms with E-state index in [4.69, 9.17) is 10.7 Å². The first-order valence-corrected chi connectivity index (χ1v) is 9.91. The summed E-state index contributed by atoms with van der Waals surface area (Å²) in [6.45, 7) is 1.75. The highest BCUT2D eigenvalue weighted by atomic mass is 19.1. The molecule has 1 amide bonds. The first-order chi connectivity index (χ1) is 14.0. The Labute approximate surface area is 168 Å². The van der Waals surface area contributed by atoms with Crippen LogP contribution in [0.3, 0.4) is 0 Å². The van der Waals surface area contributed by atoms with E-state index in [0.717, 1.165) is 23.4 Å². The third kappa shape index (κ3) is 3.10. The van der Waals surface area contributed by atoms with Crippen LogP contribution in [0, 0.1) is 30.5 Å². The molecule has 3 N–H and O–H groups in total. The number of anilines is 1. The standard InChI is InChI=1S/C22H22FN5O/c1-11-8-12(2-5-15(11)23)9-17-26-16-6-7-25-20(16)22(27-17)28-19-14-4-3-13(10-14)18(19)21(24)29/h2-5,7-8,13-14,18-19H,6,9-10H2,1H3,(H2,24,29)(H,26,27,28). The number of nitrogens with zero attached hydrogens (tertiary/aromatic N) is 3. The Bertz CT molecular complexity index is 1060.